The Morgan fingerprint density at radius 1 is 0.951 bits per heavy atom. The number of amides is 2. The summed E-state index contributed by atoms with van der Waals surface area (Å²) in [6, 6.07) is 11.9. The molecule has 2 saturated heterocycles. The minimum absolute atomic E-state index is 0.100. The van der Waals surface area contributed by atoms with Gasteiger partial charge < -0.3 is 14.7 Å². The van der Waals surface area contributed by atoms with Crippen molar-refractivity contribution in [2.24, 2.45) is 0 Å². The van der Waals surface area contributed by atoms with Crippen LogP contribution in [0, 0.1) is 0 Å². The van der Waals surface area contributed by atoms with Crippen molar-refractivity contribution in [2.75, 3.05) is 59.9 Å². The fourth-order valence-electron chi connectivity index (χ4n) is 5.63. The number of hydrogen-bond acceptors (Lipinski definition) is 4. The second-order valence-corrected chi connectivity index (χ2v) is 13.3. The van der Waals surface area contributed by atoms with Crippen LogP contribution >= 0.6 is 46.4 Å². The lowest BCUT2D eigenvalue weighted by Gasteiger charge is -2.45. The molecule has 2 heterocycles. The van der Waals surface area contributed by atoms with Crippen molar-refractivity contribution in [3.05, 3.63) is 67.6 Å². The van der Waals surface area contributed by atoms with Crippen LogP contribution in [0.5, 0.6) is 0 Å². The minimum atomic E-state index is -0.163. The quantitative estimate of drug-likeness (QED) is 0.307. The van der Waals surface area contributed by atoms with Crippen molar-refractivity contribution in [3.8, 4) is 0 Å². The van der Waals surface area contributed by atoms with E-state index < -0.39 is 0 Å². The van der Waals surface area contributed by atoms with Crippen molar-refractivity contribution < 1.29 is 9.59 Å². The minimum Gasteiger partial charge on any atom is -0.351 e. The zero-order valence-electron chi connectivity index (χ0n) is 24.5. The van der Waals surface area contributed by atoms with E-state index in [1.165, 1.54) is 10.5 Å². The molecular weight excluding hydrogens is 602 g/mol. The third-order valence-electron chi connectivity index (χ3n) is 7.99. The van der Waals surface area contributed by atoms with Crippen molar-refractivity contribution in [2.45, 2.75) is 51.0 Å². The first-order valence-electron chi connectivity index (χ1n) is 14.2. The Morgan fingerprint density at radius 2 is 1.59 bits per heavy atom. The van der Waals surface area contributed by atoms with Gasteiger partial charge in [0.05, 0.1) is 16.5 Å². The van der Waals surface area contributed by atoms with Crippen LogP contribution in [0.1, 0.15) is 44.2 Å². The van der Waals surface area contributed by atoms with Crippen LogP contribution in [-0.4, -0.2) is 97.9 Å². The van der Waals surface area contributed by atoms with Crippen molar-refractivity contribution in [1.82, 2.24) is 19.6 Å². The number of rotatable bonds is 8. The molecule has 1 atom stereocenters. The Balaban J connectivity index is 0.000000850. The molecule has 0 radical (unpaired) electrons. The summed E-state index contributed by atoms with van der Waals surface area (Å²) < 4.78 is 0. The van der Waals surface area contributed by atoms with Crippen LogP contribution in [0.4, 0.5) is 0 Å². The van der Waals surface area contributed by atoms with E-state index in [4.69, 9.17) is 46.4 Å². The van der Waals surface area contributed by atoms with Gasteiger partial charge in [0, 0.05) is 74.9 Å². The Kier molecular flexibility index (Phi) is 13.1. The van der Waals surface area contributed by atoms with E-state index in [-0.39, 0.29) is 17.7 Å². The van der Waals surface area contributed by atoms with E-state index in [9.17, 15) is 9.59 Å². The van der Waals surface area contributed by atoms with E-state index in [0.29, 0.717) is 32.7 Å². The van der Waals surface area contributed by atoms with Crippen LogP contribution in [0.25, 0.3) is 0 Å². The summed E-state index contributed by atoms with van der Waals surface area (Å²) in [7, 11) is 3.38. The highest BCUT2D eigenvalue weighted by atomic mass is 35.5. The van der Waals surface area contributed by atoms with Gasteiger partial charge >= 0.3 is 0 Å². The van der Waals surface area contributed by atoms with Gasteiger partial charge in [-0.1, -0.05) is 52.5 Å². The van der Waals surface area contributed by atoms with Crippen LogP contribution in [-0.2, 0) is 21.4 Å². The summed E-state index contributed by atoms with van der Waals surface area (Å²) >= 11 is 25.1. The highest BCUT2D eigenvalue weighted by Crippen LogP contribution is 2.40. The Hall–Kier alpha value is -1.54. The van der Waals surface area contributed by atoms with E-state index in [1.807, 2.05) is 29.2 Å². The number of piperidine rings is 1. The monoisotopic (exact) mass is 642 g/mol. The maximum absolute atomic E-state index is 13.4. The molecule has 2 aliphatic heterocycles. The molecule has 0 spiro atoms. The molecule has 2 fully saturated rings. The summed E-state index contributed by atoms with van der Waals surface area (Å²) in [4.78, 5) is 31.4. The molecule has 41 heavy (non-hydrogen) atoms. The maximum atomic E-state index is 13.4. The van der Waals surface area contributed by atoms with Gasteiger partial charge in [-0.05, 0) is 81.1 Å². The number of carbonyl (C=O) groups excluding carboxylic acids is 2. The first-order valence-corrected chi connectivity index (χ1v) is 15.7. The third-order valence-corrected chi connectivity index (χ3v) is 9.17. The van der Waals surface area contributed by atoms with Gasteiger partial charge in [-0.2, -0.15) is 0 Å². The molecule has 0 N–H and O–H groups in total. The predicted molar refractivity (Wildman–Crippen MR) is 172 cm³/mol. The average molecular weight is 645 g/mol. The van der Waals surface area contributed by atoms with Crippen LogP contribution in [0.15, 0.2) is 36.4 Å². The molecule has 10 heteroatoms. The summed E-state index contributed by atoms with van der Waals surface area (Å²) in [5, 5.41) is 2.22. The van der Waals surface area contributed by atoms with Crippen molar-refractivity contribution in [1.29, 1.82) is 0 Å². The summed E-state index contributed by atoms with van der Waals surface area (Å²) in [5.41, 5.74) is 1.84. The van der Waals surface area contributed by atoms with Gasteiger partial charge in [0.15, 0.2) is 0 Å². The normalized spacial score (nSPS) is 20.0. The fourth-order valence-corrected chi connectivity index (χ4v) is 6.50. The Bertz CT molecular complexity index is 1150. The predicted octanol–water partition coefficient (Wildman–Crippen LogP) is 6.52. The van der Waals surface area contributed by atoms with Gasteiger partial charge in [0.1, 0.15) is 0 Å². The molecule has 2 aromatic rings. The molecule has 0 bridgehead atoms. The summed E-state index contributed by atoms with van der Waals surface area (Å²) in [5.74, 6) is 0.100. The SMILES string of the molecule is CC(C)N1CCN(CCC2(c3ccc(Cl)c(Cl)c3)CCCN(C(=O)Cc3cc(Cl)cc(Cl)c3)C2)CC1.CN(C)C=O. The van der Waals surface area contributed by atoms with E-state index >= 15 is 0 Å². The molecule has 2 amide bonds. The first-order chi connectivity index (χ1) is 19.4. The van der Waals surface area contributed by atoms with Gasteiger partial charge in [-0.3, -0.25) is 14.5 Å². The number of nitrogens with zero attached hydrogens (tertiary/aromatic N) is 4. The second-order valence-electron chi connectivity index (χ2n) is 11.6. The zero-order valence-corrected chi connectivity index (χ0v) is 27.5. The smallest absolute Gasteiger partial charge is 0.227 e. The lowest BCUT2D eigenvalue weighted by Crippen LogP contribution is -2.52. The van der Waals surface area contributed by atoms with Gasteiger partial charge in [0.2, 0.25) is 12.3 Å². The number of hydrogen-bond donors (Lipinski definition) is 0. The molecule has 0 aromatic heterocycles. The van der Waals surface area contributed by atoms with Gasteiger partial charge in [0.25, 0.3) is 0 Å². The second kappa shape index (κ2) is 15.8. The molecule has 226 valence electrons. The highest BCUT2D eigenvalue weighted by Gasteiger charge is 2.39. The van der Waals surface area contributed by atoms with E-state index in [0.717, 1.165) is 70.5 Å². The third kappa shape index (κ3) is 10.0. The molecule has 4 rings (SSSR count). The van der Waals surface area contributed by atoms with Crippen LogP contribution in [0.3, 0.4) is 0 Å². The lowest BCUT2D eigenvalue weighted by molar-refractivity contribution is -0.132. The maximum Gasteiger partial charge on any atom is 0.227 e. The largest absolute Gasteiger partial charge is 0.351 e. The summed E-state index contributed by atoms with van der Waals surface area (Å²) in [6.07, 6.45) is 3.97. The molecule has 2 aliphatic rings. The average Bonchev–Trinajstić information content (AvgIpc) is 2.93. The van der Waals surface area contributed by atoms with Crippen LogP contribution in [0.2, 0.25) is 20.1 Å². The summed E-state index contributed by atoms with van der Waals surface area (Å²) in [6.45, 7) is 11.3. The Morgan fingerprint density at radius 3 is 2.15 bits per heavy atom. The molecule has 6 nitrogen and oxygen atoms in total. The van der Waals surface area contributed by atoms with Crippen molar-refractivity contribution in [3.63, 3.8) is 0 Å². The van der Waals surface area contributed by atoms with Crippen molar-refractivity contribution >= 4 is 58.7 Å². The zero-order chi connectivity index (χ0) is 30.2. The number of likely N-dealkylation sites (tertiary alicyclic amines) is 1. The van der Waals surface area contributed by atoms with E-state index in [1.54, 1.807) is 20.2 Å². The number of piperazine rings is 1. The molecule has 2 aromatic carbocycles. The lowest BCUT2D eigenvalue weighted by atomic mass is 9.71. The fraction of sp³-hybridized carbons (Fsp3) is 0.548. The number of halogens is 4. The first kappa shape index (κ1) is 34.0. The molecule has 0 saturated carbocycles. The van der Waals surface area contributed by atoms with E-state index in [2.05, 4.69) is 29.7 Å². The number of carbonyl (C=O) groups is 2. The molecular formula is C31H42Cl4N4O2. The Labute approximate surface area is 265 Å². The number of benzene rings is 2. The van der Waals surface area contributed by atoms with Gasteiger partial charge in [-0.15, -0.1) is 0 Å². The molecule has 1 unspecified atom stereocenters. The highest BCUT2D eigenvalue weighted by molar-refractivity contribution is 6.42. The standard InChI is InChI=1S/C28H35Cl4N3O.C3H7NO/c1-20(2)34-12-10-33(11-13-34)9-7-28(22-4-5-25(31)26(32)17-22)6-3-8-35(19-28)27(36)16-21-14-23(29)18-24(30)15-21;1-4(2)3-5/h4-5,14-15,17-18,20H,3,6-13,16,19H2,1-2H3;3H,1-2H3. The topological polar surface area (TPSA) is 47.1 Å². The van der Waals surface area contributed by atoms with Crippen LogP contribution < -0.4 is 0 Å². The van der Waals surface area contributed by atoms with Gasteiger partial charge in [-0.25, -0.2) is 0 Å². The molecule has 0 aliphatic carbocycles.